The molecule has 3 amide bonds. The van der Waals surface area contributed by atoms with Crippen LogP contribution < -0.4 is 16.0 Å². The predicted octanol–water partition coefficient (Wildman–Crippen LogP) is 0.0800. The molecule has 0 atom stereocenters. The van der Waals surface area contributed by atoms with Gasteiger partial charge in [-0.15, -0.1) is 0 Å². The molecule has 112 valence electrons. The van der Waals surface area contributed by atoms with Crippen LogP contribution in [0.25, 0.3) is 0 Å². The summed E-state index contributed by atoms with van der Waals surface area (Å²) in [5.41, 5.74) is 0.809. The summed E-state index contributed by atoms with van der Waals surface area (Å²) in [6.07, 6.45) is 0. The smallest absolute Gasteiger partial charge is 0.313 e. The van der Waals surface area contributed by atoms with E-state index in [1.54, 1.807) is 18.2 Å². The second-order valence-electron chi connectivity index (χ2n) is 4.33. The van der Waals surface area contributed by atoms with Crippen molar-refractivity contribution in [3.63, 3.8) is 0 Å². The predicted molar refractivity (Wildman–Crippen MR) is 76.8 cm³/mol. The third-order valence-electron chi connectivity index (χ3n) is 2.52. The van der Waals surface area contributed by atoms with Crippen molar-refractivity contribution in [2.75, 3.05) is 18.4 Å². The van der Waals surface area contributed by atoms with E-state index in [1.807, 2.05) is 0 Å². The minimum absolute atomic E-state index is 0.133. The van der Waals surface area contributed by atoms with E-state index in [0.717, 1.165) is 0 Å². The molecule has 7 heteroatoms. The highest BCUT2D eigenvalue weighted by molar-refractivity contribution is 6.39. The van der Waals surface area contributed by atoms with Crippen LogP contribution in [0.1, 0.15) is 24.2 Å². The first-order valence-electron chi connectivity index (χ1n) is 6.34. The molecule has 0 fully saturated rings. The topological polar surface area (TPSA) is 104 Å². The van der Waals surface area contributed by atoms with E-state index in [-0.39, 0.29) is 24.8 Å². The van der Waals surface area contributed by atoms with Gasteiger partial charge in [0.25, 0.3) is 0 Å². The van der Waals surface area contributed by atoms with Gasteiger partial charge in [-0.25, -0.2) is 0 Å². The summed E-state index contributed by atoms with van der Waals surface area (Å²) in [7, 11) is 0. The van der Waals surface area contributed by atoms with Crippen molar-refractivity contribution >= 4 is 29.2 Å². The molecule has 1 aromatic rings. The molecule has 7 nitrogen and oxygen atoms in total. The molecular formula is C14H17N3O4. The first kappa shape index (κ1) is 16.4. The van der Waals surface area contributed by atoms with Crippen LogP contribution in [-0.4, -0.2) is 36.6 Å². The van der Waals surface area contributed by atoms with Crippen molar-refractivity contribution in [1.29, 1.82) is 0 Å². The Morgan fingerprint density at radius 3 is 2.24 bits per heavy atom. The molecule has 1 rings (SSSR count). The molecule has 0 unspecified atom stereocenters. The Morgan fingerprint density at radius 1 is 0.952 bits per heavy atom. The van der Waals surface area contributed by atoms with Crippen molar-refractivity contribution in [3.05, 3.63) is 29.8 Å². The lowest BCUT2D eigenvalue weighted by atomic mass is 10.1. The van der Waals surface area contributed by atoms with E-state index >= 15 is 0 Å². The standard InChI is InChI=1S/C14H17N3O4/c1-9(18)11-4-3-5-12(8-11)17-14(21)13(20)16-7-6-15-10(2)19/h3-5,8H,6-7H2,1-2H3,(H,15,19)(H,16,20)(H,17,21). The van der Waals surface area contributed by atoms with Crippen LogP contribution >= 0.6 is 0 Å². The van der Waals surface area contributed by atoms with Crippen LogP contribution in [0.5, 0.6) is 0 Å². The third-order valence-corrected chi connectivity index (χ3v) is 2.52. The maximum atomic E-state index is 11.6. The van der Waals surface area contributed by atoms with Crippen LogP contribution in [0.3, 0.4) is 0 Å². The van der Waals surface area contributed by atoms with Crippen LogP contribution in [0, 0.1) is 0 Å². The SMILES string of the molecule is CC(=O)NCCNC(=O)C(=O)Nc1cccc(C(C)=O)c1. The van der Waals surface area contributed by atoms with E-state index in [2.05, 4.69) is 16.0 Å². The van der Waals surface area contributed by atoms with E-state index < -0.39 is 11.8 Å². The Morgan fingerprint density at radius 2 is 1.62 bits per heavy atom. The number of hydrogen-bond donors (Lipinski definition) is 3. The average Bonchev–Trinajstić information content (AvgIpc) is 2.43. The largest absolute Gasteiger partial charge is 0.355 e. The monoisotopic (exact) mass is 291 g/mol. The lowest BCUT2D eigenvalue weighted by molar-refractivity contribution is -0.136. The van der Waals surface area contributed by atoms with Crippen LogP contribution in [0.15, 0.2) is 24.3 Å². The fourth-order valence-corrected chi connectivity index (χ4v) is 1.50. The molecular weight excluding hydrogens is 274 g/mol. The Bertz CT molecular complexity index is 569. The number of amides is 3. The van der Waals surface area contributed by atoms with Gasteiger partial charge >= 0.3 is 11.8 Å². The lowest BCUT2D eigenvalue weighted by Gasteiger charge is -2.07. The summed E-state index contributed by atoms with van der Waals surface area (Å²) >= 11 is 0. The van der Waals surface area contributed by atoms with Gasteiger partial charge in [0.05, 0.1) is 0 Å². The number of anilines is 1. The summed E-state index contributed by atoms with van der Waals surface area (Å²) in [5.74, 6) is -1.99. The minimum atomic E-state index is -0.835. The van der Waals surface area contributed by atoms with Crippen LogP contribution in [-0.2, 0) is 14.4 Å². The first-order valence-corrected chi connectivity index (χ1v) is 6.34. The Hall–Kier alpha value is -2.70. The molecule has 0 heterocycles. The van der Waals surface area contributed by atoms with E-state index in [9.17, 15) is 19.2 Å². The molecule has 0 aromatic heterocycles. The van der Waals surface area contributed by atoms with E-state index in [0.29, 0.717) is 11.3 Å². The molecule has 0 saturated heterocycles. The quantitative estimate of drug-likeness (QED) is 0.406. The number of benzene rings is 1. The zero-order valence-corrected chi connectivity index (χ0v) is 11.9. The average molecular weight is 291 g/mol. The Labute approximate surface area is 122 Å². The highest BCUT2D eigenvalue weighted by Crippen LogP contribution is 2.10. The fourth-order valence-electron chi connectivity index (χ4n) is 1.50. The molecule has 0 aliphatic rings. The van der Waals surface area contributed by atoms with Gasteiger partial charge in [-0.1, -0.05) is 12.1 Å². The zero-order chi connectivity index (χ0) is 15.8. The van der Waals surface area contributed by atoms with Gasteiger partial charge in [0.15, 0.2) is 5.78 Å². The first-order chi connectivity index (χ1) is 9.90. The molecule has 21 heavy (non-hydrogen) atoms. The molecule has 0 spiro atoms. The molecule has 0 saturated carbocycles. The lowest BCUT2D eigenvalue weighted by Crippen LogP contribution is -2.39. The summed E-state index contributed by atoms with van der Waals surface area (Å²) in [6, 6.07) is 6.30. The molecule has 0 aliphatic heterocycles. The van der Waals surface area contributed by atoms with Gasteiger partial charge in [0, 0.05) is 31.3 Å². The van der Waals surface area contributed by atoms with Crippen LogP contribution in [0.2, 0.25) is 0 Å². The number of nitrogens with one attached hydrogen (secondary N) is 3. The van der Waals surface area contributed by atoms with Gasteiger partial charge in [-0.05, 0) is 19.1 Å². The van der Waals surface area contributed by atoms with Crippen molar-refractivity contribution in [2.24, 2.45) is 0 Å². The van der Waals surface area contributed by atoms with Crippen molar-refractivity contribution in [2.45, 2.75) is 13.8 Å². The fraction of sp³-hybridized carbons (Fsp3) is 0.286. The summed E-state index contributed by atoms with van der Waals surface area (Å²) in [5, 5.41) is 7.25. The van der Waals surface area contributed by atoms with Gasteiger partial charge in [0.2, 0.25) is 5.91 Å². The number of carbonyl (C=O) groups is 4. The maximum absolute atomic E-state index is 11.6. The van der Waals surface area contributed by atoms with Crippen molar-refractivity contribution < 1.29 is 19.2 Å². The second kappa shape index (κ2) is 7.78. The Kier molecular flexibility index (Phi) is 6.06. The number of carbonyl (C=O) groups excluding carboxylic acids is 4. The molecule has 0 aliphatic carbocycles. The minimum Gasteiger partial charge on any atom is -0.355 e. The number of rotatable bonds is 5. The highest BCUT2D eigenvalue weighted by atomic mass is 16.2. The normalized spacial score (nSPS) is 9.62. The zero-order valence-electron chi connectivity index (χ0n) is 11.9. The van der Waals surface area contributed by atoms with Gasteiger partial charge in [-0.3, -0.25) is 19.2 Å². The van der Waals surface area contributed by atoms with Gasteiger partial charge < -0.3 is 16.0 Å². The summed E-state index contributed by atoms with van der Waals surface area (Å²) in [6.45, 7) is 3.17. The maximum Gasteiger partial charge on any atom is 0.313 e. The number of Topliss-reactive ketones (excluding diaryl/α,β-unsaturated/α-hetero) is 1. The van der Waals surface area contributed by atoms with Crippen molar-refractivity contribution in [1.82, 2.24) is 10.6 Å². The van der Waals surface area contributed by atoms with Gasteiger partial charge in [-0.2, -0.15) is 0 Å². The van der Waals surface area contributed by atoms with E-state index in [1.165, 1.54) is 19.9 Å². The third kappa shape index (κ3) is 5.85. The molecule has 1 aromatic carbocycles. The summed E-state index contributed by atoms with van der Waals surface area (Å²) in [4.78, 5) is 45.0. The van der Waals surface area contributed by atoms with Crippen LogP contribution in [0.4, 0.5) is 5.69 Å². The molecule has 0 bridgehead atoms. The Balaban J connectivity index is 2.48. The molecule has 0 radical (unpaired) electrons. The highest BCUT2D eigenvalue weighted by Gasteiger charge is 2.13. The number of hydrogen-bond acceptors (Lipinski definition) is 4. The second-order valence-corrected chi connectivity index (χ2v) is 4.33. The summed E-state index contributed by atoms with van der Waals surface area (Å²) < 4.78 is 0. The van der Waals surface area contributed by atoms with Crippen molar-refractivity contribution in [3.8, 4) is 0 Å². The van der Waals surface area contributed by atoms with Gasteiger partial charge in [0.1, 0.15) is 0 Å². The van der Waals surface area contributed by atoms with E-state index in [4.69, 9.17) is 0 Å². The number of ketones is 1. The molecule has 3 N–H and O–H groups in total.